The maximum absolute atomic E-state index is 15.0. The van der Waals surface area contributed by atoms with Crippen molar-refractivity contribution in [2.45, 2.75) is 50.9 Å². The number of quaternary nitrogens is 1. The number of aryl methyl sites for hydroxylation is 1. The molecule has 0 unspecified atom stereocenters. The molecule has 1 fully saturated rings. The third-order valence-electron chi connectivity index (χ3n) is 9.92. The van der Waals surface area contributed by atoms with Crippen LogP contribution in [0.4, 0.5) is 20.6 Å². The number of aromatic amines is 1. The first-order valence-corrected chi connectivity index (χ1v) is 18.2. The van der Waals surface area contributed by atoms with Gasteiger partial charge in [-0.1, -0.05) is 54.6 Å². The molecule has 6 N–H and O–H groups in total. The number of aliphatic hydroxyl groups is 1. The lowest BCUT2D eigenvalue weighted by atomic mass is 9.99. The van der Waals surface area contributed by atoms with Crippen LogP contribution in [0, 0.1) is 5.82 Å². The Balaban J connectivity index is 0.995. The van der Waals surface area contributed by atoms with Crippen LogP contribution < -0.4 is 21.5 Å². The molecule has 2 amide bonds. The number of phenols is 1. The number of benzene rings is 4. The van der Waals surface area contributed by atoms with Gasteiger partial charge in [0.2, 0.25) is 11.5 Å². The number of fused-ring (bicyclic) bond motifs is 1. The van der Waals surface area contributed by atoms with E-state index in [4.69, 9.17) is 4.74 Å². The van der Waals surface area contributed by atoms with E-state index >= 15 is 4.39 Å². The summed E-state index contributed by atoms with van der Waals surface area (Å²) >= 11 is 0. The molecule has 282 valence electrons. The van der Waals surface area contributed by atoms with Crippen LogP contribution in [-0.2, 0) is 22.5 Å². The predicted octanol–water partition coefficient (Wildman–Crippen LogP) is 6.61. The third kappa shape index (κ3) is 9.90. The number of piperidine rings is 1. The summed E-state index contributed by atoms with van der Waals surface area (Å²) in [4.78, 5) is 40.1. The molecule has 1 aliphatic rings. The van der Waals surface area contributed by atoms with Crippen molar-refractivity contribution in [3.8, 4) is 16.9 Å². The number of aromatic hydroxyl groups is 1. The highest BCUT2D eigenvalue weighted by Gasteiger charge is 2.28. The molecule has 1 saturated heterocycles. The number of pyridine rings is 1. The van der Waals surface area contributed by atoms with Crippen LogP contribution >= 0.6 is 0 Å². The third-order valence-corrected chi connectivity index (χ3v) is 9.92. The topological polar surface area (TPSA) is 153 Å². The van der Waals surface area contributed by atoms with Gasteiger partial charge in [-0.05, 0) is 59.9 Å². The van der Waals surface area contributed by atoms with Crippen LogP contribution in [0.3, 0.4) is 0 Å². The summed E-state index contributed by atoms with van der Waals surface area (Å²) in [5.74, 6) is -0.857. The summed E-state index contributed by atoms with van der Waals surface area (Å²) in [6.45, 7) is 2.12. The molecular formula is C42H47FN5O6+. The molecule has 11 nitrogen and oxygen atoms in total. The Morgan fingerprint density at radius 3 is 2.50 bits per heavy atom. The highest BCUT2D eigenvalue weighted by atomic mass is 19.1. The Morgan fingerprint density at radius 1 is 0.963 bits per heavy atom. The Hall–Kier alpha value is -5.56. The zero-order valence-electron chi connectivity index (χ0n) is 30.5. The van der Waals surface area contributed by atoms with Gasteiger partial charge in [-0.25, -0.2) is 9.18 Å². The highest BCUT2D eigenvalue weighted by Crippen LogP contribution is 2.31. The van der Waals surface area contributed by atoms with E-state index < -0.39 is 18.0 Å². The lowest BCUT2D eigenvalue weighted by molar-refractivity contribution is -0.896. The van der Waals surface area contributed by atoms with Gasteiger partial charge in [-0.2, -0.15) is 0 Å². The van der Waals surface area contributed by atoms with Crippen molar-refractivity contribution >= 4 is 34.3 Å². The standard InChI is InChI=1S/C42H46FN5O6/c1-48(2)21-19-31(20-22-48)54-42(53)46-36-23-27(11-14-32(36)28-8-4-3-5-9-28)7-6-10-39(51)45-30-13-12-29(35(43)24-30)25-44-26-38(50)33-15-17-37(49)41-34(33)16-18-40(52)47-41/h3-5,8-9,11-18,23-24,31,38,44,50H,6-7,10,19-22,25-26H2,1-2H3,(H3-,45,46,47,49,51,52,53)/p+1/t38-/m0/s1. The minimum atomic E-state index is -0.986. The summed E-state index contributed by atoms with van der Waals surface area (Å²) in [7, 11) is 4.36. The zero-order chi connectivity index (χ0) is 38.2. The Labute approximate surface area is 313 Å². The zero-order valence-corrected chi connectivity index (χ0v) is 30.5. The maximum atomic E-state index is 15.0. The normalized spacial score (nSPS) is 14.7. The fraction of sp³-hybridized carbons (Fsp3) is 0.310. The molecule has 6 rings (SSSR count). The van der Waals surface area contributed by atoms with Gasteiger partial charge in [-0.3, -0.25) is 14.9 Å². The van der Waals surface area contributed by atoms with E-state index in [9.17, 15) is 24.6 Å². The molecule has 0 spiro atoms. The van der Waals surface area contributed by atoms with Crippen LogP contribution in [0.1, 0.15) is 48.5 Å². The molecule has 0 bridgehead atoms. The lowest BCUT2D eigenvalue weighted by Gasteiger charge is -2.36. The summed E-state index contributed by atoms with van der Waals surface area (Å²) in [5, 5.41) is 30.2. The smallest absolute Gasteiger partial charge is 0.411 e. The number of likely N-dealkylation sites (tertiary alicyclic amines) is 1. The van der Waals surface area contributed by atoms with Crippen molar-refractivity contribution in [2.75, 3.05) is 44.4 Å². The number of aliphatic hydroxyl groups excluding tert-OH is 1. The molecule has 1 atom stereocenters. The van der Waals surface area contributed by atoms with Gasteiger partial charge in [0, 0.05) is 60.6 Å². The average Bonchev–Trinajstić information content (AvgIpc) is 3.14. The van der Waals surface area contributed by atoms with Gasteiger partial charge in [0.15, 0.2) is 0 Å². The second kappa shape index (κ2) is 17.1. The van der Waals surface area contributed by atoms with Gasteiger partial charge in [0.25, 0.3) is 0 Å². The number of rotatable bonds is 13. The molecule has 0 aliphatic carbocycles. The first-order chi connectivity index (χ1) is 25.9. The number of H-pyrrole nitrogens is 1. The van der Waals surface area contributed by atoms with E-state index in [1.165, 1.54) is 24.3 Å². The number of ether oxygens (including phenoxy) is 1. The Kier molecular flexibility index (Phi) is 12.1. The number of anilines is 2. The van der Waals surface area contributed by atoms with Crippen molar-refractivity contribution in [1.29, 1.82) is 0 Å². The fourth-order valence-electron chi connectivity index (χ4n) is 6.82. The van der Waals surface area contributed by atoms with Gasteiger partial charge in [0.05, 0.1) is 44.5 Å². The van der Waals surface area contributed by atoms with Crippen LogP contribution in [0.25, 0.3) is 22.0 Å². The number of halogens is 1. The van der Waals surface area contributed by atoms with Crippen LogP contribution in [0.15, 0.2) is 95.8 Å². The van der Waals surface area contributed by atoms with Crippen molar-refractivity contribution in [3.05, 3.63) is 124 Å². The van der Waals surface area contributed by atoms with E-state index in [2.05, 4.69) is 35.0 Å². The monoisotopic (exact) mass is 736 g/mol. The number of carbonyl (C=O) groups is 2. The van der Waals surface area contributed by atoms with E-state index in [1.54, 1.807) is 18.2 Å². The van der Waals surface area contributed by atoms with Gasteiger partial charge in [0.1, 0.15) is 17.7 Å². The number of hydrogen-bond acceptors (Lipinski definition) is 7. The molecule has 1 aliphatic heterocycles. The first kappa shape index (κ1) is 38.2. The number of nitrogens with zero attached hydrogens (tertiary/aromatic N) is 1. The lowest BCUT2D eigenvalue weighted by Crippen LogP contribution is -2.48. The van der Waals surface area contributed by atoms with E-state index in [1.807, 2.05) is 48.5 Å². The average molecular weight is 737 g/mol. The quantitative estimate of drug-likeness (QED) is 0.0745. The number of amides is 2. The molecule has 4 aromatic carbocycles. The summed E-state index contributed by atoms with van der Waals surface area (Å²) < 4.78 is 21.7. The minimum absolute atomic E-state index is 0.0894. The van der Waals surface area contributed by atoms with E-state index in [0.29, 0.717) is 40.7 Å². The van der Waals surface area contributed by atoms with E-state index in [-0.39, 0.29) is 48.3 Å². The van der Waals surface area contributed by atoms with Crippen molar-refractivity contribution in [2.24, 2.45) is 0 Å². The Morgan fingerprint density at radius 2 is 1.74 bits per heavy atom. The SMILES string of the molecule is C[N+]1(C)CCC(OC(=O)Nc2cc(CCCC(=O)Nc3ccc(CNC[C@H](O)c4ccc(O)c5[nH]c(=O)ccc45)c(F)c3)ccc2-c2ccccc2)CC1. The molecule has 1 aromatic heterocycles. The second-order valence-corrected chi connectivity index (χ2v) is 14.5. The van der Waals surface area contributed by atoms with Crippen molar-refractivity contribution in [3.63, 3.8) is 0 Å². The summed E-state index contributed by atoms with van der Waals surface area (Å²) in [6.07, 6.45) is 1.40. The molecule has 0 saturated carbocycles. The number of phenolic OH excluding ortho intramolecular Hbond substituents is 1. The number of hydrogen-bond donors (Lipinski definition) is 6. The van der Waals surface area contributed by atoms with Crippen LogP contribution in [-0.4, -0.2) is 71.5 Å². The minimum Gasteiger partial charge on any atom is -0.506 e. The van der Waals surface area contributed by atoms with Crippen molar-refractivity contribution in [1.82, 2.24) is 10.3 Å². The molecule has 2 heterocycles. The van der Waals surface area contributed by atoms with Gasteiger partial charge < -0.3 is 35.1 Å². The number of aromatic nitrogens is 1. The fourth-order valence-corrected chi connectivity index (χ4v) is 6.82. The van der Waals surface area contributed by atoms with Crippen LogP contribution in [0.5, 0.6) is 5.75 Å². The van der Waals surface area contributed by atoms with Gasteiger partial charge in [-0.15, -0.1) is 0 Å². The predicted molar refractivity (Wildman–Crippen MR) is 208 cm³/mol. The molecule has 54 heavy (non-hydrogen) atoms. The molecule has 0 radical (unpaired) electrons. The van der Waals surface area contributed by atoms with E-state index in [0.717, 1.165) is 47.1 Å². The second-order valence-electron chi connectivity index (χ2n) is 14.5. The van der Waals surface area contributed by atoms with Crippen molar-refractivity contribution < 1.29 is 33.4 Å². The summed E-state index contributed by atoms with van der Waals surface area (Å²) in [5.41, 5.74) is 4.49. The first-order valence-electron chi connectivity index (χ1n) is 18.2. The molecular weight excluding hydrogens is 689 g/mol. The number of carbonyl (C=O) groups excluding carboxylic acids is 2. The molecule has 12 heteroatoms. The molecule has 5 aromatic rings. The summed E-state index contributed by atoms with van der Waals surface area (Å²) in [6, 6.07) is 26.0. The van der Waals surface area contributed by atoms with Crippen LogP contribution in [0.2, 0.25) is 0 Å². The largest absolute Gasteiger partial charge is 0.506 e. The Bertz CT molecular complexity index is 2160. The highest BCUT2D eigenvalue weighted by molar-refractivity contribution is 5.92. The number of nitrogens with one attached hydrogen (secondary N) is 4. The van der Waals surface area contributed by atoms with Gasteiger partial charge >= 0.3 is 6.09 Å². The maximum Gasteiger partial charge on any atom is 0.411 e.